The molecule has 4 rings (SSSR count). The van der Waals surface area contributed by atoms with E-state index in [9.17, 15) is 4.79 Å². The molecule has 0 bridgehead atoms. The summed E-state index contributed by atoms with van der Waals surface area (Å²) in [6, 6.07) is 0. The monoisotopic (exact) mass is 516 g/mol. The number of aliphatic hydroxyl groups excluding tert-OH is 1. The van der Waals surface area contributed by atoms with Gasteiger partial charge in [0.05, 0.1) is 6.10 Å². The van der Waals surface area contributed by atoms with E-state index in [0.29, 0.717) is 42.0 Å². The number of hydrogen-bond acceptors (Lipinski definition) is 3. The first kappa shape index (κ1) is 28.6. The average Bonchev–Trinajstić information content (AvgIpc) is 3.18. The third kappa shape index (κ3) is 5.22. The minimum Gasteiger partial charge on any atom is -0.413 e. The van der Waals surface area contributed by atoms with E-state index in [2.05, 4.69) is 59.9 Å². The number of hydrogen-bond donors (Lipinski definition) is 1. The number of ketones is 1. The highest BCUT2D eigenvalue weighted by atomic mass is 28.4. The molecule has 3 nitrogen and oxygen atoms in total. The standard InChI is InChI=1S/C32H56O3Si/c1-30(2,3)36(6,7)35-28-22-25(34)21-24-20-23(14-11-9-8-10-12-19-33)29-26-15-13-17-31(26,4)18-16-27(29)32(24,28)5/h9,11,23-24,26-29,33H,8,10,12-22H2,1-7H3/b11-9+/t23-,24+,26+,27+,28?,29+,31+,32+/m1/s1. The summed E-state index contributed by atoms with van der Waals surface area (Å²) in [5.41, 5.74) is 0.646. The van der Waals surface area contributed by atoms with E-state index >= 15 is 0 Å². The van der Waals surface area contributed by atoms with Crippen molar-refractivity contribution in [1.82, 2.24) is 0 Å². The predicted molar refractivity (Wildman–Crippen MR) is 152 cm³/mol. The quantitative estimate of drug-likeness (QED) is 0.200. The minimum absolute atomic E-state index is 0.0953. The lowest BCUT2D eigenvalue weighted by atomic mass is 9.42. The van der Waals surface area contributed by atoms with Gasteiger partial charge in [0.2, 0.25) is 0 Å². The van der Waals surface area contributed by atoms with Crippen LogP contribution in [0.4, 0.5) is 0 Å². The molecular formula is C32H56O3Si. The van der Waals surface area contributed by atoms with Crippen LogP contribution >= 0.6 is 0 Å². The molecular weight excluding hydrogens is 460 g/mol. The molecule has 0 radical (unpaired) electrons. The Labute approximate surface area is 223 Å². The molecule has 4 fully saturated rings. The predicted octanol–water partition coefficient (Wildman–Crippen LogP) is 8.32. The van der Waals surface area contributed by atoms with Crippen molar-refractivity contribution in [1.29, 1.82) is 0 Å². The smallest absolute Gasteiger partial charge is 0.192 e. The van der Waals surface area contributed by atoms with E-state index in [1.165, 1.54) is 44.9 Å². The van der Waals surface area contributed by atoms with Crippen molar-refractivity contribution in [3.8, 4) is 0 Å². The summed E-state index contributed by atoms with van der Waals surface area (Å²) in [6.07, 6.45) is 18.7. The van der Waals surface area contributed by atoms with Crippen LogP contribution < -0.4 is 0 Å². The van der Waals surface area contributed by atoms with E-state index in [0.717, 1.165) is 37.5 Å². The Kier molecular flexibility index (Phi) is 8.41. The first-order chi connectivity index (χ1) is 16.8. The normalized spacial score (nSPS) is 41.3. The molecule has 0 aromatic carbocycles. The van der Waals surface area contributed by atoms with Crippen LogP contribution in [0.5, 0.6) is 0 Å². The Morgan fingerprint density at radius 3 is 2.50 bits per heavy atom. The van der Waals surface area contributed by atoms with E-state index < -0.39 is 8.32 Å². The van der Waals surface area contributed by atoms with Gasteiger partial charge in [-0.05, 0) is 116 Å². The van der Waals surface area contributed by atoms with E-state index in [4.69, 9.17) is 9.53 Å². The van der Waals surface area contributed by atoms with Crippen molar-refractivity contribution in [3.05, 3.63) is 12.2 Å². The molecule has 4 aliphatic carbocycles. The number of aliphatic hydroxyl groups is 1. The van der Waals surface area contributed by atoms with Gasteiger partial charge in [0.1, 0.15) is 5.78 Å². The molecule has 0 amide bonds. The zero-order valence-corrected chi connectivity index (χ0v) is 25.6. The highest BCUT2D eigenvalue weighted by molar-refractivity contribution is 6.74. The van der Waals surface area contributed by atoms with Crippen molar-refractivity contribution < 1.29 is 14.3 Å². The molecule has 0 saturated heterocycles. The molecule has 0 aromatic heterocycles. The van der Waals surface area contributed by atoms with Crippen LogP contribution in [0.15, 0.2) is 12.2 Å². The Balaban J connectivity index is 1.65. The molecule has 206 valence electrons. The third-order valence-corrected chi connectivity index (χ3v) is 16.6. The van der Waals surface area contributed by atoms with Crippen molar-refractivity contribution in [3.63, 3.8) is 0 Å². The summed E-state index contributed by atoms with van der Waals surface area (Å²) in [5.74, 6) is 3.90. The van der Waals surface area contributed by atoms with Gasteiger partial charge in [0.25, 0.3) is 0 Å². The van der Waals surface area contributed by atoms with Crippen LogP contribution in [-0.2, 0) is 9.22 Å². The molecule has 4 saturated carbocycles. The van der Waals surface area contributed by atoms with Gasteiger partial charge >= 0.3 is 0 Å². The topological polar surface area (TPSA) is 46.5 Å². The largest absolute Gasteiger partial charge is 0.413 e. The lowest BCUT2D eigenvalue weighted by Crippen LogP contribution is -2.63. The maximum Gasteiger partial charge on any atom is 0.192 e. The molecule has 0 heterocycles. The van der Waals surface area contributed by atoms with Crippen LogP contribution in [0.3, 0.4) is 0 Å². The third-order valence-electron chi connectivity index (χ3n) is 12.1. The number of Topliss-reactive ketones (excluding diaryl/α,β-unsaturated/α-hetero) is 1. The van der Waals surface area contributed by atoms with E-state index in [1.54, 1.807) is 0 Å². The molecule has 1 N–H and O–H groups in total. The van der Waals surface area contributed by atoms with Crippen LogP contribution in [0.1, 0.15) is 112 Å². The van der Waals surface area contributed by atoms with Gasteiger partial charge in [-0.2, -0.15) is 0 Å². The number of allylic oxidation sites excluding steroid dienone is 2. The average molecular weight is 517 g/mol. The molecule has 4 heteroatoms. The van der Waals surface area contributed by atoms with Crippen molar-refractivity contribution in [2.45, 2.75) is 136 Å². The van der Waals surface area contributed by atoms with Crippen LogP contribution in [0, 0.1) is 40.4 Å². The second-order valence-electron chi connectivity index (χ2n) is 15.2. The lowest BCUT2D eigenvalue weighted by Gasteiger charge is -2.64. The zero-order chi connectivity index (χ0) is 26.4. The lowest BCUT2D eigenvalue weighted by molar-refractivity contribution is -0.178. The van der Waals surface area contributed by atoms with Gasteiger partial charge in [-0.15, -0.1) is 0 Å². The van der Waals surface area contributed by atoms with Gasteiger partial charge in [-0.3, -0.25) is 4.79 Å². The number of rotatable bonds is 8. The number of carbonyl (C=O) groups excluding carboxylic acids is 1. The summed E-state index contributed by atoms with van der Waals surface area (Å²) < 4.78 is 7.23. The van der Waals surface area contributed by atoms with Crippen LogP contribution in [0.2, 0.25) is 18.1 Å². The first-order valence-electron chi connectivity index (χ1n) is 15.3. The summed E-state index contributed by atoms with van der Waals surface area (Å²) in [5, 5.41) is 9.26. The molecule has 0 aromatic rings. The number of carbonyl (C=O) groups is 1. The zero-order valence-electron chi connectivity index (χ0n) is 24.6. The van der Waals surface area contributed by atoms with Crippen molar-refractivity contribution >= 4 is 14.1 Å². The molecule has 4 aliphatic rings. The van der Waals surface area contributed by atoms with Gasteiger partial charge in [-0.1, -0.05) is 53.2 Å². The molecule has 8 atom stereocenters. The van der Waals surface area contributed by atoms with Crippen molar-refractivity contribution in [2.75, 3.05) is 6.61 Å². The molecule has 0 spiro atoms. The maximum atomic E-state index is 13.2. The summed E-state index contributed by atoms with van der Waals surface area (Å²) in [6.45, 7) is 17.2. The summed E-state index contributed by atoms with van der Waals surface area (Å²) >= 11 is 0. The molecule has 36 heavy (non-hydrogen) atoms. The van der Waals surface area contributed by atoms with Crippen LogP contribution in [0.25, 0.3) is 0 Å². The fraction of sp³-hybridized carbons (Fsp3) is 0.906. The van der Waals surface area contributed by atoms with Gasteiger partial charge < -0.3 is 9.53 Å². The van der Waals surface area contributed by atoms with Gasteiger partial charge in [0, 0.05) is 19.4 Å². The Morgan fingerprint density at radius 2 is 1.81 bits per heavy atom. The summed E-state index contributed by atoms with van der Waals surface area (Å²) in [4.78, 5) is 13.2. The Morgan fingerprint density at radius 1 is 1.06 bits per heavy atom. The fourth-order valence-corrected chi connectivity index (χ4v) is 10.4. The minimum atomic E-state index is -1.98. The summed E-state index contributed by atoms with van der Waals surface area (Å²) in [7, 11) is -1.98. The highest BCUT2D eigenvalue weighted by Crippen LogP contribution is 2.68. The van der Waals surface area contributed by atoms with Gasteiger partial charge in [0.15, 0.2) is 8.32 Å². The van der Waals surface area contributed by atoms with E-state index in [1.807, 2.05) is 0 Å². The SMILES string of the molecule is CC(C)(C)[Si](C)(C)OC1CC(=O)C[C@@H]2C[C@@H](C/C=C/CCCCO)[C@H]3[C@@H]4CCC[C@@]4(C)CC[C@@H]3[C@@]12C. The highest BCUT2D eigenvalue weighted by Gasteiger charge is 2.64. The van der Waals surface area contributed by atoms with Crippen LogP contribution in [-0.4, -0.2) is 31.9 Å². The number of fused-ring (bicyclic) bond motifs is 5. The molecule has 0 aliphatic heterocycles. The van der Waals surface area contributed by atoms with E-state index in [-0.39, 0.29) is 16.6 Å². The number of unbranched alkanes of at least 4 members (excludes halogenated alkanes) is 2. The second kappa shape index (κ2) is 10.6. The Bertz CT molecular complexity index is 813. The first-order valence-corrected chi connectivity index (χ1v) is 18.2. The second-order valence-corrected chi connectivity index (χ2v) is 19.9. The fourth-order valence-electron chi connectivity index (χ4n) is 8.95. The van der Waals surface area contributed by atoms with Crippen molar-refractivity contribution in [2.24, 2.45) is 40.4 Å². The molecule has 1 unspecified atom stereocenters. The maximum absolute atomic E-state index is 13.2. The Hall–Kier alpha value is -0.453. The van der Waals surface area contributed by atoms with Gasteiger partial charge in [-0.25, -0.2) is 0 Å².